The molecule has 0 aliphatic rings. The summed E-state index contributed by atoms with van der Waals surface area (Å²) in [4.78, 5) is 26.1. The Labute approximate surface area is 125 Å². The van der Waals surface area contributed by atoms with Crippen molar-refractivity contribution in [2.75, 3.05) is 5.32 Å². The summed E-state index contributed by atoms with van der Waals surface area (Å²) < 4.78 is 1.61. The number of hydrogen-bond donors (Lipinski definition) is 2. The molecular formula is C10H9Al2N5O2. The van der Waals surface area contributed by atoms with Gasteiger partial charge >= 0.3 is 22.5 Å². The second-order valence-electron chi connectivity index (χ2n) is 3.90. The van der Waals surface area contributed by atoms with E-state index < -0.39 is 10.9 Å². The van der Waals surface area contributed by atoms with Crippen molar-refractivity contribution in [2.45, 2.75) is 11.8 Å². The zero-order valence-corrected chi connectivity index (χ0v) is 12.4. The molecule has 9 heteroatoms. The number of ketones is 1. The lowest BCUT2D eigenvalue weighted by Crippen LogP contribution is -2.42. The molecule has 2 N–H and O–H groups in total. The highest BCUT2D eigenvalue weighted by Crippen LogP contribution is 2.14. The summed E-state index contributed by atoms with van der Waals surface area (Å²) in [6.45, 7) is 1.40. The van der Waals surface area contributed by atoms with Gasteiger partial charge in [0.25, 0.3) is 0 Å². The first-order valence-corrected chi connectivity index (χ1v) is 6.58. The first kappa shape index (κ1) is 14.0. The van der Waals surface area contributed by atoms with Gasteiger partial charge in [-0.25, -0.2) is 14.9 Å². The number of nitrogens with zero attached hydrogens (tertiary/aromatic N) is 3. The van der Waals surface area contributed by atoms with E-state index in [1.807, 2.05) is 0 Å². The minimum atomic E-state index is -0.612. The van der Waals surface area contributed by atoms with Gasteiger partial charge in [-0.3, -0.25) is 10.1 Å². The van der Waals surface area contributed by atoms with Crippen LogP contribution in [0.5, 0.6) is 0 Å². The van der Waals surface area contributed by atoms with Gasteiger partial charge in [-0.05, 0) is 13.0 Å². The number of urea groups is 1. The molecule has 2 amide bonds. The normalized spacial score (nSPS) is 12.1. The summed E-state index contributed by atoms with van der Waals surface area (Å²) in [6.07, 6.45) is 3.27. The van der Waals surface area contributed by atoms with Crippen molar-refractivity contribution in [3.05, 3.63) is 18.5 Å². The van der Waals surface area contributed by atoms with Crippen LogP contribution in [-0.2, 0) is 4.79 Å². The molecule has 2 heterocycles. The number of hydrogen-bond acceptors (Lipinski definition) is 4. The van der Waals surface area contributed by atoms with Crippen molar-refractivity contribution in [1.82, 2.24) is 19.1 Å². The number of aromatic nitrogens is 3. The molecule has 0 aromatic carbocycles. The van der Waals surface area contributed by atoms with Crippen LogP contribution in [0.3, 0.4) is 0 Å². The number of carbonyl (C=O) groups is 2. The Morgan fingerprint density at radius 2 is 2.16 bits per heavy atom. The summed E-state index contributed by atoms with van der Waals surface area (Å²) in [5.74, 6) is 0.247. The van der Waals surface area contributed by atoms with Crippen molar-refractivity contribution in [1.29, 1.82) is 0 Å². The van der Waals surface area contributed by atoms with Gasteiger partial charge in [0.15, 0.2) is 16.3 Å². The lowest BCUT2D eigenvalue weighted by molar-refractivity contribution is -0.117. The minimum absolute atomic E-state index is 0.146. The van der Waals surface area contributed by atoms with Crippen molar-refractivity contribution < 1.29 is 9.59 Å². The van der Waals surface area contributed by atoms with Crippen LogP contribution < -0.4 is 10.6 Å². The number of rotatable bonds is 3. The van der Waals surface area contributed by atoms with E-state index in [9.17, 15) is 9.59 Å². The number of pyridine rings is 1. The average Bonchev–Trinajstić information content (AvgIpc) is 2.70. The van der Waals surface area contributed by atoms with E-state index in [0.29, 0.717) is 5.82 Å². The third kappa shape index (κ3) is 3.34. The highest BCUT2D eigenvalue weighted by atomic mass is 27.1. The Bertz CT molecular complexity index is 642. The van der Waals surface area contributed by atoms with Crippen LogP contribution in [0.4, 0.5) is 10.6 Å². The maximum atomic E-state index is 11.6. The number of carbonyl (C=O) groups excluding carboxylic acids is 2. The van der Waals surface area contributed by atoms with E-state index in [4.69, 9.17) is 0 Å². The summed E-state index contributed by atoms with van der Waals surface area (Å²) >= 11 is 4.69. The van der Waals surface area contributed by atoms with Crippen LogP contribution >= 0.6 is 0 Å². The predicted octanol–water partition coefficient (Wildman–Crippen LogP) is -0.432. The molecule has 1 atom stereocenters. The van der Waals surface area contributed by atoms with Gasteiger partial charge in [0.1, 0.15) is 11.6 Å². The van der Waals surface area contributed by atoms with E-state index >= 15 is 0 Å². The van der Waals surface area contributed by atoms with Crippen LogP contribution in [0.2, 0.25) is 0 Å². The van der Waals surface area contributed by atoms with Crippen LogP contribution in [-0.4, -0.2) is 63.3 Å². The molecule has 7 nitrogen and oxygen atoms in total. The van der Waals surface area contributed by atoms with Crippen LogP contribution in [0.25, 0.3) is 10.9 Å². The van der Waals surface area contributed by atoms with Gasteiger partial charge in [0, 0.05) is 10.3 Å². The van der Waals surface area contributed by atoms with E-state index in [-0.39, 0.29) is 5.78 Å². The fourth-order valence-electron chi connectivity index (χ4n) is 1.41. The summed E-state index contributed by atoms with van der Waals surface area (Å²) in [5.41, 5.74) is 0.837. The highest BCUT2D eigenvalue weighted by molar-refractivity contribution is 6.25. The van der Waals surface area contributed by atoms with Crippen LogP contribution in [0.15, 0.2) is 18.5 Å². The van der Waals surface area contributed by atoms with Gasteiger partial charge in [-0.1, -0.05) is 0 Å². The summed E-state index contributed by atoms with van der Waals surface area (Å²) in [7, 11) is 0. The monoisotopic (exact) mass is 285 g/mol. The third-order valence-corrected chi connectivity index (χ3v) is 3.50. The molecule has 2 rings (SSSR count). The van der Waals surface area contributed by atoms with E-state index in [0.717, 1.165) is 10.9 Å². The zero-order chi connectivity index (χ0) is 14.0. The Balaban J connectivity index is 2.08. The van der Waals surface area contributed by atoms with Gasteiger partial charge in [-0.2, -0.15) is 0 Å². The number of nitrogens with one attached hydrogen (secondary N) is 2. The molecule has 0 saturated heterocycles. The van der Waals surface area contributed by atoms with Crippen molar-refractivity contribution in [3.8, 4) is 0 Å². The molecule has 19 heavy (non-hydrogen) atoms. The second kappa shape index (κ2) is 5.73. The molecule has 4 radical (unpaired) electrons. The number of anilines is 1. The quantitative estimate of drug-likeness (QED) is 0.749. The van der Waals surface area contributed by atoms with E-state index in [2.05, 4.69) is 53.5 Å². The molecule has 0 fully saturated rings. The van der Waals surface area contributed by atoms with Crippen molar-refractivity contribution in [3.63, 3.8) is 0 Å². The molecule has 2 aromatic rings. The van der Waals surface area contributed by atoms with Crippen molar-refractivity contribution >= 4 is 61.3 Å². The Morgan fingerprint density at radius 1 is 1.42 bits per heavy atom. The molecule has 0 aliphatic heterocycles. The Morgan fingerprint density at radius 3 is 2.84 bits per heavy atom. The summed E-state index contributed by atoms with van der Waals surface area (Å²) in [6, 6.07) is 1.22. The molecule has 0 unspecified atom stereocenters. The fourth-order valence-corrected chi connectivity index (χ4v) is 1.84. The van der Waals surface area contributed by atoms with Gasteiger partial charge in [0.2, 0.25) is 0 Å². The maximum Gasteiger partial charge on any atom is 0.354 e. The maximum absolute atomic E-state index is 11.6. The molecule has 2 aromatic heterocycles. The van der Waals surface area contributed by atoms with Crippen LogP contribution in [0.1, 0.15) is 6.92 Å². The Hall–Kier alpha value is -1.38. The van der Waals surface area contributed by atoms with E-state index in [1.165, 1.54) is 6.92 Å². The number of fused-ring (bicyclic) bond motifs is 1. The highest BCUT2D eigenvalue weighted by Gasteiger charge is 2.10. The SMILES string of the molecule is CC(=O)[C@H]([Al])NC(=O)Nc1cc2cn[n]([Al])c2cn1. The van der Waals surface area contributed by atoms with Gasteiger partial charge in [0.05, 0.1) is 17.9 Å². The van der Waals surface area contributed by atoms with Gasteiger partial charge < -0.3 is 8.98 Å². The number of amides is 2. The van der Waals surface area contributed by atoms with Gasteiger partial charge in [-0.15, -0.1) is 0 Å². The topological polar surface area (TPSA) is 88.9 Å². The number of Topliss-reactive ketones (excluding diaryl/α,β-unsaturated/α-hetero) is 1. The molecule has 0 bridgehead atoms. The molecule has 92 valence electrons. The lowest BCUT2D eigenvalue weighted by Gasteiger charge is -2.12. The second-order valence-corrected chi connectivity index (χ2v) is 5.06. The first-order chi connectivity index (χ1) is 8.97. The minimum Gasteiger partial charge on any atom is -0.382 e. The first-order valence-electron chi connectivity index (χ1n) is 5.40. The average molecular weight is 285 g/mol. The largest absolute Gasteiger partial charge is 0.382 e. The Kier molecular flexibility index (Phi) is 4.23. The van der Waals surface area contributed by atoms with Crippen LogP contribution in [0, 0.1) is 0 Å². The third-order valence-electron chi connectivity index (χ3n) is 2.45. The fraction of sp³-hybridized carbons (Fsp3) is 0.200. The summed E-state index contributed by atoms with van der Waals surface area (Å²) in [5, 5.41) is 9.94. The molecule has 0 saturated carbocycles. The zero-order valence-electron chi connectivity index (χ0n) is 10.1. The smallest absolute Gasteiger partial charge is 0.354 e. The molecular weight excluding hydrogens is 276 g/mol. The molecule has 0 aliphatic carbocycles. The molecule has 0 spiro atoms. The van der Waals surface area contributed by atoms with E-state index in [1.54, 1.807) is 22.1 Å². The standard InChI is InChI=1S/C10H10N5O2.2Al/c1-6(16)3-12-10(17)14-9-2-7-4-13-15-8(7)5-11-9;;/h2-5H,1H3,(H3,11,12,13,14,15,17);;/q;;+1/p-1. The lowest BCUT2D eigenvalue weighted by atomic mass is 10.3. The predicted molar refractivity (Wildman–Crippen MR) is 71.1 cm³/mol. The van der Waals surface area contributed by atoms with Crippen molar-refractivity contribution in [2.24, 2.45) is 0 Å².